The topological polar surface area (TPSA) is 48.9 Å². The Morgan fingerprint density at radius 3 is 2.82 bits per heavy atom. The Labute approximate surface area is 135 Å². The molecule has 1 aromatic rings. The van der Waals surface area contributed by atoms with Crippen LogP contribution in [0.4, 0.5) is 4.39 Å². The monoisotopic (exact) mass is 324 g/mol. The van der Waals surface area contributed by atoms with Crippen LogP contribution in [0.2, 0.25) is 0 Å². The van der Waals surface area contributed by atoms with Gasteiger partial charge < -0.3 is 10.1 Å². The number of nitrogens with zero attached hydrogens (tertiary/aromatic N) is 2. The summed E-state index contributed by atoms with van der Waals surface area (Å²) in [6.07, 6.45) is 0. The van der Waals surface area contributed by atoms with E-state index >= 15 is 0 Å². The van der Waals surface area contributed by atoms with Crippen molar-refractivity contribution >= 4 is 23.0 Å². The summed E-state index contributed by atoms with van der Waals surface area (Å²) in [5.41, 5.74) is 3.76. The predicted molar refractivity (Wildman–Crippen MR) is 89.6 cm³/mol. The van der Waals surface area contributed by atoms with Crippen molar-refractivity contribution in [3.8, 4) is 0 Å². The van der Waals surface area contributed by atoms with Crippen molar-refractivity contribution in [2.45, 2.75) is 6.92 Å². The number of rotatable bonds is 5. The van der Waals surface area contributed by atoms with Crippen LogP contribution in [0.25, 0.3) is 0 Å². The maximum atomic E-state index is 13.6. The van der Waals surface area contributed by atoms with Crippen molar-refractivity contribution in [2.24, 2.45) is 5.10 Å². The van der Waals surface area contributed by atoms with Gasteiger partial charge in [-0.3, -0.25) is 10.3 Å². The fraction of sp³-hybridized carbons (Fsp3) is 0.467. The lowest BCUT2D eigenvalue weighted by molar-refractivity contribution is 0.0389. The fourth-order valence-corrected chi connectivity index (χ4v) is 2.29. The molecule has 2 rings (SSSR count). The van der Waals surface area contributed by atoms with Crippen LogP contribution in [0.3, 0.4) is 0 Å². The third-order valence-electron chi connectivity index (χ3n) is 3.41. The second kappa shape index (κ2) is 8.77. The number of ether oxygens (including phenoxy) is 1. The highest BCUT2D eigenvalue weighted by molar-refractivity contribution is 7.80. The van der Waals surface area contributed by atoms with Gasteiger partial charge in [-0.1, -0.05) is 18.2 Å². The lowest BCUT2D eigenvalue weighted by atomic mass is 10.1. The molecule has 120 valence electrons. The number of nitrogens with one attached hydrogen (secondary N) is 2. The normalized spacial score (nSPS) is 16.4. The molecule has 0 radical (unpaired) electrons. The molecule has 0 unspecified atom stereocenters. The van der Waals surface area contributed by atoms with E-state index in [0.717, 1.165) is 39.4 Å². The molecule has 0 atom stereocenters. The van der Waals surface area contributed by atoms with Crippen LogP contribution in [0.1, 0.15) is 12.5 Å². The Kier molecular flexibility index (Phi) is 6.70. The quantitative estimate of drug-likeness (QED) is 0.486. The summed E-state index contributed by atoms with van der Waals surface area (Å²) < 4.78 is 18.9. The van der Waals surface area contributed by atoms with Crippen LogP contribution in [0, 0.1) is 5.82 Å². The van der Waals surface area contributed by atoms with Crippen LogP contribution < -0.4 is 10.7 Å². The maximum Gasteiger partial charge on any atom is 0.187 e. The molecule has 1 aliphatic rings. The van der Waals surface area contributed by atoms with Crippen molar-refractivity contribution in [3.63, 3.8) is 0 Å². The van der Waals surface area contributed by atoms with Gasteiger partial charge >= 0.3 is 0 Å². The molecule has 1 aliphatic heterocycles. The number of benzene rings is 1. The highest BCUT2D eigenvalue weighted by Crippen LogP contribution is 2.07. The zero-order chi connectivity index (χ0) is 15.8. The van der Waals surface area contributed by atoms with Gasteiger partial charge in [0.25, 0.3) is 0 Å². The van der Waals surface area contributed by atoms with Crippen LogP contribution in [0.15, 0.2) is 29.4 Å². The average Bonchev–Trinajstić information content (AvgIpc) is 2.54. The van der Waals surface area contributed by atoms with Crippen molar-refractivity contribution in [1.82, 2.24) is 15.6 Å². The Hall–Kier alpha value is -1.57. The van der Waals surface area contributed by atoms with E-state index in [9.17, 15) is 4.39 Å². The first kappa shape index (κ1) is 16.8. The lowest BCUT2D eigenvalue weighted by Crippen LogP contribution is -2.42. The first-order valence-corrected chi connectivity index (χ1v) is 7.71. The Morgan fingerprint density at radius 1 is 1.36 bits per heavy atom. The highest BCUT2D eigenvalue weighted by atomic mass is 32.1. The number of hydrogen-bond acceptors (Lipinski definition) is 4. The summed E-state index contributed by atoms with van der Waals surface area (Å²) >= 11 is 5.16. The van der Waals surface area contributed by atoms with Crippen molar-refractivity contribution in [2.75, 3.05) is 39.4 Å². The Bertz CT molecular complexity index is 532. The van der Waals surface area contributed by atoms with E-state index in [-0.39, 0.29) is 5.82 Å². The molecule has 0 aliphatic carbocycles. The van der Waals surface area contributed by atoms with Gasteiger partial charge in [-0.2, -0.15) is 5.10 Å². The van der Waals surface area contributed by atoms with Gasteiger partial charge in [0.1, 0.15) is 5.82 Å². The second-order valence-electron chi connectivity index (χ2n) is 5.00. The van der Waals surface area contributed by atoms with Gasteiger partial charge in [0.15, 0.2) is 5.11 Å². The van der Waals surface area contributed by atoms with E-state index in [2.05, 4.69) is 20.7 Å². The standard InChI is InChI=1S/C15H21FN4OS/c1-12(13-4-2-3-5-14(13)16)18-19-15(22)17-6-7-20-8-10-21-11-9-20/h2-5H,6-11H2,1H3,(H2,17,19,22)/b18-12-. The molecular weight excluding hydrogens is 303 g/mol. The van der Waals surface area contributed by atoms with Crippen LogP contribution in [-0.2, 0) is 4.74 Å². The van der Waals surface area contributed by atoms with Gasteiger partial charge in [-0.25, -0.2) is 4.39 Å². The highest BCUT2D eigenvalue weighted by Gasteiger charge is 2.09. The Balaban J connectivity index is 1.72. The molecule has 1 fully saturated rings. The molecule has 1 aromatic carbocycles. The van der Waals surface area contributed by atoms with E-state index in [0.29, 0.717) is 16.4 Å². The number of hydrogen-bond donors (Lipinski definition) is 2. The van der Waals surface area contributed by atoms with Gasteiger partial charge in [0.05, 0.1) is 18.9 Å². The van der Waals surface area contributed by atoms with E-state index in [1.165, 1.54) is 6.07 Å². The van der Waals surface area contributed by atoms with Gasteiger partial charge in [0.2, 0.25) is 0 Å². The SMILES string of the molecule is C/C(=N/NC(=S)NCCN1CCOCC1)c1ccccc1F. The van der Waals surface area contributed by atoms with E-state index in [1.54, 1.807) is 25.1 Å². The molecule has 22 heavy (non-hydrogen) atoms. The minimum atomic E-state index is -0.295. The number of hydrazone groups is 1. The number of thiocarbonyl (C=S) groups is 1. The average molecular weight is 324 g/mol. The minimum Gasteiger partial charge on any atom is -0.379 e. The zero-order valence-corrected chi connectivity index (χ0v) is 13.5. The van der Waals surface area contributed by atoms with E-state index in [4.69, 9.17) is 17.0 Å². The molecule has 0 saturated carbocycles. The summed E-state index contributed by atoms with van der Waals surface area (Å²) in [6.45, 7) is 6.85. The minimum absolute atomic E-state index is 0.295. The summed E-state index contributed by atoms with van der Waals surface area (Å²) in [6, 6.07) is 6.52. The van der Waals surface area contributed by atoms with Crippen molar-refractivity contribution in [1.29, 1.82) is 0 Å². The molecule has 0 spiro atoms. The predicted octanol–water partition coefficient (Wildman–Crippen LogP) is 1.35. The third-order valence-corrected chi connectivity index (χ3v) is 3.64. The van der Waals surface area contributed by atoms with E-state index in [1.807, 2.05) is 0 Å². The Morgan fingerprint density at radius 2 is 2.09 bits per heavy atom. The van der Waals surface area contributed by atoms with Crippen molar-refractivity contribution in [3.05, 3.63) is 35.6 Å². The molecule has 7 heteroatoms. The van der Waals surface area contributed by atoms with E-state index < -0.39 is 0 Å². The first-order chi connectivity index (χ1) is 10.7. The maximum absolute atomic E-state index is 13.6. The first-order valence-electron chi connectivity index (χ1n) is 7.30. The largest absolute Gasteiger partial charge is 0.379 e. The summed E-state index contributed by atoms with van der Waals surface area (Å²) in [5, 5.41) is 7.63. The van der Waals surface area contributed by atoms with Crippen LogP contribution in [0.5, 0.6) is 0 Å². The molecule has 0 amide bonds. The molecule has 1 heterocycles. The number of halogens is 1. The second-order valence-corrected chi connectivity index (χ2v) is 5.41. The van der Waals surface area contributed by atoms with Gasteiger partial charge in [0, 0.05) is 31.7 Å². The molecular formula is C15H21FN4OS. The van der Waals surface area contributed by atoms with Crippen LogP contribution in [-0.4, -0.2) is 55.1 Å². The zero-order valence-electron chi connectivity index (χ0n) is 12.6. The summed E-state index contributed by atoms with van der Waals surface area (Å²) in [4.78, 5) is 2.31. The van der Waals surface area contributed by atoms with Crippen LogP contribution >= 0.6 is 12.2 Å². The lowest BCUT2D eigenvalue weighted by Gasteiger charge is -2.26. The molecule has 1 saturated heterocycles. The third kappa shape index (κ3) is 5.32. The van der Waals surface area contributed by atoms with Crippen molar-refractivity contribution < 1.29 is 9.13 Å². The number of morpholine rings is 1. The molecule has 5 nitrogen and oxygen atoms in total. The molecule has 2 N–H and O–H groups in total. The summed E-state index contributed by atoms with van der Waals surface area (Å²) in [5.74, 6) is -0.295. The summed E-state index contributed by atoms with van der Waals surface area (Å²) in [7, 11) is 0. The van der Waals surface area contributed by atoms with Gasteiger partial charge in [-0.05, 0) is 25.2 Å². The molecule has 0 aromatic heterocycles. The van der Waals surface area contributed by atoms with Gasteiger partial charge in [-0.15, -0.1) is 0 Å². The fourth-order valence-electron chi connectivity index (χ4n) is 2.14. The molecule has 0 bridgehead atoms. The smallest absolute Gasteiger partial charge is 0.187 e.